The SMILES string of the molecule is CCCCCCCCNC(=O)C(C)C(=O)O. The first kappa shape index (κ1) is 14.9. The lowest BCUT2D eigenvalue weighted by molar-refractivity contribution is -0.146. The van der Waals surface area contributed by atoms with Gasteiger partial charge in [-0.3, -0.25) is 9.59 Å². The fourth-order valence-electron chi connectivity index (χ4n) is 1.38. The largest absolute Gasteiger partial charge is 0.481 e. The Bertz CT molecular complexity index is 216. The van der Waals surface area contributed by atoms with E-state index in [0.717, 1.165) is 12.8 Å². The van der Waals surface area contributed by atoms with E-state index < -0.39 is 11.9 Å². The van der Waals surface area contributed by atoms with Gasteiger partial charge in [-0.2, -0.15) is 0 Å². The van der Waals surface area contributed by atoms with Crippen molar-refractivity contribution < 1.29 is 14.7 Å². The Morgan fingerprint density at radius 3 is 2.25 bits per heavy atom. The summed E-state index contributed by atoms with van der Waals surface area (Å²) in [5.41, 5.74) is 0. The molecule has 2 N–H and O–H groups in total. The third-order valence-electron chi connectivity index (χ3n) is 2.59. The number of carboxylic acids is 1. The average Bonchev–Trinajstić information content (AvgIpc) is 2.26. The lowest BCUT2D eigenvalue weighted by Crippen LogP contribution is -2.34. The fraction of sp³-hybridized carbons (Fsp3) is 0.833. The van der Waals surface area contributed by atoms with E-state index in [1.165, 1.54) is 32.6 Å². The highest BCUT2D eigenvalue weighted by Crippen LogP contribution is 2.04. The lowest BCUT2D eigenvalue weighted by atomic mass is 10.1. The number of aliphatic carboxylic acids is 1. The van der Waals surface area contributed by atoms with E-state index in [0.29, 0.717) is 6.54 Å². The maximum Gasteiger partial charge on any atom is 0.315 e. The van der Waals surface area contributed by atoms with Crippen LogP contribution in [0.5, 0.6) is 0 Å². The van der Waals surface area contributed by atoms with Crippen LogP contribution >= 0.6 is 0 Å². The third-order valence-corrected chi connectivity index (χ3v) is 2.59. The third kappa shape index (κ3) is 7.26. The van der Waals surface area contributed by atoms with Crippen LogP contribution < -0.4 is 5.32 Å². The molecule has 1 amide bonds. The molecule has 0 aliphatic heterocycles. The number of nitrogens with one attached hydrogen (secondary N) is 1. The van der Waals surface area contributed by atoms with E-state index in [2.05, 4.69) is 12.2 Å². The minimum absolute atomic E-state index is 0.388. The van der Waals surface area contributed by atoms with Gasteiger partial charge in [-0.25, -0.2) is 0 Å². The Kier molecular flexibility index (Phi) is 8.58. The Hall–Kier alpha value is -1.06. The summed E-state index contributed by atoms with van der Waals surface area (Å²) in [4.78, 5) is 21.7. The zero-order chi connectivity index (χ0) is 12.4. The molecule has 1 unspecified atom stereocenters. The maximum absolute atomic E-state index is 11.2. The van der Waals surface area contributed by atoms with Gasteiger partial charge in [0.05, 0.1) is 0 Å². The number of hydrogen-bond donors (Lipinski definition) is 2. The van der Waals surface area contributed by atoms with Crippen molar-refractivity contribution >= 4 is 11.9 Å². The summed E-state index contributed by atoms with van der Waals surface area (Å²) in [6.45, 7) is 4.16. The van der Waals surface area contributed by atoms with Crippen molar-refractivity contribution in [2.75, 3.05) is 6.54 Å². The summed E-state index contributed by atoms with van der Waals surface area (Å²) >= 11 is 0. The number of hydrogen-bond acceptors (Lipinski definition) is 2. The van der Waals surface area contributed by atoms with Crippen LogP contribution in [0, 0.1) is 5.92 Å². The second-order valence-corrected chi connectivity index (χ2v) is 4.12. The molecule has 0 aliphatic rings. The summed E-state index contributed by atoms with van der Waals surface area (Å²) < 4.78 is 0. The van der Waals surface area contributed by atoms with E-state index in [4.69, 9.17) is 5.11 Å². The summed E-state index contributed by atoms with van der Waals surface area (Å²) in [5.74, 6) is -2.40. The monoisotopic (exact) mass is 229 g/mol. The molecular weight excluding hydrogens is 206 g/mol. The number of carboxylic acid groups (broad SMARTS) is 1. The topological polar surface area (TPSA) is 66.4 Å². The Morgan fingerprint density at radius 2 is 1.69 bits per heavy atom. The van der Waals surface area contributed by atoms with Crippen molar-refractivity contribution in [2.24, 2.45) is 5.92 Å². The predicted molar refractivity (Wildman–Crippen MR) is 63.2 cm³/mol. The van der Waals surface area contributed by atoms with Gasteiger partial charge < -0.3 is 10.4 Å². The highest BCUT2D eigenvalue weighted by Gasteiger charge is 2.19. The normalized spacial score (nSPS) is 12.1. The van der Waals surface area contributed by atoms with Gasteiger partial charge in [-0.1, -0.05) is 39.0 Å². The molecule has 94 valence electrons. The van der Waals surface area contributed by atoms with Crippen molar-refractivity contribution in [1.82, 2.24) is 5.32 Å². The molecule has 0 radical (unpaired) electrons. The van der Waals surface area contributed by atoms with E-state index in [9.17, 15) is 9.59 Å². The van der Waals surface area contributed by atoms with Crippen molar-refractivity contribution in [2.45, 2.75) is 52.4 Å². The molecule has 16 heavy (non-hydrogen) atoms. The zero-order valence-electron chi connectivity index (χ0n) is 10.3. The summed E-state index contributed by atoms with van der Waals surface area (Å²) in [6, 6.07) is 0. The molecule has 0 saturated carbocycles. The standard InChI is InChI=1S/C12H23NO3/c1-3-4-5-6-7-8-9-13-11(14)10(2)12(15)16/h10H,3-9H2,1-2H3,(H,13,14)(H,15,16). The molecule has 0 rings (SSSR count). The van der Waals surface area contributed by atoms with E-state index in [1.807, 2.05) is 0 Å². The molecule has 0 aromatic carbocycles. The molecule has 0 aromatic heterocycles. The van der Waals surface area contributed by atoms with E-state index in [1.54, 1.807) is 0 Å². The first-order chi connectivity index (χ1) is 7.59. The van der Waals surface area contributed by atoms with Gasteiger partial charge in [0.25, 0.3) is 0 Å². The van der Waals surface area contributed by atoms with Crippen LogP contribution in [0.2, 0.25) is 0 Å². The minimum atomic E-state index is -1.07. The van der Waals surface area contributed by atoms with Crippen LogP contribution in [-0.2, 0) is 9.59 Å². The van der Waals surface area contributed by atoms with Gasteiger partial charge in [0, 0.05) is 6.54 Å². The van der Waals surface area contributed by atoms with E-state index in [-0.39, 0.29) is 5.91 Å². The molecule has 0 heterocycles. The Labute approximate surface area is 97.4 Å². The van der Waals surface area contributed by atoms with Crippen molar-refractivity contribution in [3.63, 3.8) is 0 Å². The zero-order valence-corrected chi connectivity index (χ0v) is 10.3. The number of rotatable bonds is 9. The highest BCUT2D eigenvalue weighted by atomic mass is 16.4. The highest BCUT2D eigenvalue weighted by molar-refractivity contribution is 5.96. The van der Waals surface area contributed by atoms with Crippen molar-refractivity contribution in [3.05, 3.63) is 0 Å². The number of carbonyl (C=O) groups excluding carboxylic acids is 1. The maximum atomic E-state index is 11.2. The van der Waals surface area contributed by atoms with Gasteiger partial charge in [-0.05, 0) is 13.3 Å². The summed E-state index contributed by atoms with van der Waals surface area (Å²) in [6.07, 6.45) is 6.97. The number of unbranched alkanes of at least 4 members (excludes halogenated alkanes) is 5. The van der Waals surface area contributed by atoms with Gasteiger partial charge >= 0.3 is 5.97 Å². The second kappa shape index (κ2) is 9.19. The van der Waals surface area contributed by atoms with Crippen LogP contribution in [0.15, 0.2) is 0 Å². The number of amides is 1. The Balaban J connectivity index is 3.38. The van der Waals surface area contributed by atoms with Gasteiger partial charge in [0.2, 0.25) is 5.91 Å². The molecule has 0 spiro atoms. The fourth-order valence-corrected chi connectivity index (χ4v) is 1.38. The lowest BCUT2D eigenvalue weighted by Gasteiger charge is -2.07. The molecule has 0 bridgehead atoms. The van der Waals surface area contributed by atoms with Gasteiger partial charge in [-0.15, -0.1) is 0 Å². The summed E-state index contributed by atoms with van der Waals surface area (Å²) in [5, 5.41) is 11.2. The molecule has 0 aromatic rings. The van der Waals surface area contributed by atoms with Gasteiger partial charge in [0.15, 0.2) is 0 Å². The molecule has 4 nitrogen and oxygen atoms in total. The quantitative estimate of drug-likeness (QED) is 0.470. The first-order valence-electron chi connectivity index (χ1n) is 6.10. The minimum Gasteiger partial charge on any atom is -0.481 e. The first-order valence-corrected chi connectivity index (χ1v) is 6.10. The van der Waals surface area contributed by atoms with Crippen molar-refractivity contribution in [3.8, 4) is 0 Å². The van der Waals surface area contributed by atoms with Crippen molar-refractivity contribution in [1.29, 1.82) is 0 Å². The number of carbonyl (C=O) groups is 2. The molecule has 0 fully saturated rings. The molecule has 1 atom stereocenters. The molecule has 0 aliphatic carbocycles. The Morgan fingerprint density at radius 1 is 1.12 bits per heavy atom. The smallest absolute Gasteiger partial charge is 0.315 e. The molecule has 4 heteroatoms. The predicted octanol–water partition coefficient (Wildman–Crippen LogP) is 2.18. The van der Waals surface area contributed by atoms with Crippen LogP contribution in [0.4, 0.5) is 0 Å². The summed E-state index contributed by atoms with van der Waals surface area (Å²) in [7, 11) is 0. The van der Waals surface area contributed by atoms with Crippen LogP contribution in [0.3, 0.4) is 0 Å². The van der Waals surface area contributed by atoms with E-state index >= 15 is 0 Å². The van der Waals surface area contributed by atoms with Crippen LogP contribution in [0.1, 0.15) is 52.4 Å². The van der Waals surface area contributed by atoms with Crippen LogP contribution in [-0.4, -0.2) is 23.5 Å². The average molecular weight is 229 g/mol. The van der Waals surface area contributed by atoms with Crippen LogP contribution in [0.25, 0.3) is 0 Å². The second-order valence-electron chi connectivity index (χ2n) is 4.12. The molecular formula is C12H23NO3. The van der Waals surface area contributed by atoms with Gasteiger partial charge in [0.1, 0.15) is 5.92 Å². The molecule has 0 saturated heterocycles.